The Morgan fingerprint density at radius 1 is 0.909 bits per heavy atom. The molecule has 0 aliphatic rings. The quantitative estimate of drug-likeness (QED) is 0.727. The van der Waals surface area contributed by atoms with Crippen LogP contribution in [0.15, 0.2) is 77.4 Å². The Hall–Kier alpha value is -2.36. The molecular formula is C19H19NO2. The molecule has 0 fully saturated rings. The Morgan fingerprint density at radius 2 is 1.73 bits per heavy atom. The average molecular weight is 293 g/mol. The van der Waals surface area contributed by atoms with E-state index in [9.17, 15) is 5.11 Å². The van der Waals surface area contributed by atoms with Crippen LogP contribution in [0, 0.1) is 0 Å². The van der Waals surface area contributed by atoms with Crippen molar-refractivity contribution in [3.63, 3.8) is 0 Å². The van der Waals surface area contributed by atoms with E-state index >= 15 is 0 Å². The molecule has 22 heavy (non-hydrogen) atoms. The molecule has 1 aromatic heterocycles. The smallest absolute Gasteiger partial charge is 0.133 e. The van der Waals surface area contributed by atoms with Crippen molar-refractivity contribution in [2.45, 2.75) is 12.6 Å². The van der Waals surface area contributed by atoms with Gasteiger partial charge >= 0.3 is 0 Å². The largest absolute Gasteiger partial charge is 0.467 e. The summed E-state index contributed by atoms with van der Waals surface area (Å²) in [5.41, 5.74) is 3.60. The molecule has 0 aliphatic heterocycles. The van der Waals surface area contributed by atoms with Crippen LogP contribution in [0.25, 0.3) is 11.1 Å². The van der Waals surface area contributed by atoms with E-state index < -0.39 is 6.10 Å². The fraction of sp³-hybridized carbons (Fsp3) is 0.158. The van der Waals surface area contributed by atoms with Gasteiger partial charge in [-0.3, -0.25) is 0 Å². The molecule has 0 saturated heterocycles. The van der Waals surface area contributed by atoms with Gasteiger partial charge in [0.15, 0.2) is 0 Å². The molecular weight excluding hydrogens is 274 g/mol. The molecule has 3 rings (SSSR count). The van der Waals surface area contributed by atoms with Gasteiger partial charge in [-0.1, -0.05) is 48.5 Å². The fourth-order valence-electron chi connectivity index (χ4n) is 2.43. The number of aliphatic hydroxyl groups excluding tert-OH is 1. The lowest BCUT2D eigenvalue weighted by Gasteiger charge is -2.10. The molecule has 0 radical (unpaired) electrons. The predicted octanol–water partition coefficient (Wildman–Crippen LogP) is 3.77. The lowest BCUT2D eigenvalue weighted by atomic mass is 10.0. The minimum atomic E-state index is -0.618. The Bertz CT molecular complexity index is 692. The number of rotatable bonds is 6. The van der Waals surface area contributed by atoms with Crippen LogP contribution in [0.1, 0.15) is 17.4 Å². The van der Waals surface area contributed by atoms with Crippen molar-refractivity contribution in [2.75, 3.05) is 6.54 Å². The summed E-state index contributed by atoms with van der Waals surface area (Å²) in [6.07, 6.45) is 0.953. The highest BCUT2D eigenvalue weighted by Crippen LogP contribution is 2.20. The van der Waals surface area contributed by atoms with Crippen LogP contribution in [-0.4, -0.2) is 11.7 Å². The van der Waals surface area contributed by atoms with E-state index in [1.165, 1.54) is 16.7 Å². The van der Waals surface area contributed by atoms with Crippen LogP contribution < -0.4 is 5.32 Å². The summed E-state index contributed by atoms with van der Waals surface area (Å²) in [6, 6.07) is 22.3. The van der Waals surface area contributed by atoms with Gasteiger partial charge in [-0.15, -0.1) is 0 Å². The maximum absolute atomic E-state index is 9.96. The fourth-order valence-corrected chi connectivity index (χ4v) is 2.43. The summed E-state index contributed by atoms with van der Waals surface area (Å²) in [4.78, 5) is 0. The maximum atomic E-state index is 9.96. The molecule has 0 amide bonds. The van der Waals surface area contributed by atoms with E-state index in [-0.39, 0.29) is 0 Å². The Balaban J connectivity index is 1.59. The van der Waals surface area contributed by atoms with E-state index in [1.54, 1.807) is 18.4 Å². The van der Waals surface area contributed by atoms with Crippen molar-refractivity contribution in [2.24, 2.45) is 0 Å². The second-order valence-corrected chi connectivity index (χ2v) is 5.23. The first kappa shape index (κ1) is 14.6. The van der Waals surface area contributed by atoms with Crippen LogP contribution in [0.5, 0.6) is 0 Å². The van der Waals surface area contributed by atoms with Crippen molar-refractivity contribution >= 4 is 0 Å². The third kappa shape index (κ3) is 3.64. The van der Waals surface area contributed by atoms with E-state index in [4.69, 9.17) is 4.42 Å². The first-order valence-electron chi connectivity index (χ1n) is 7.39. The van der Waals surface area contributed by atoms with Crippen LogP contribution in [0.2, 0.25) is 0 Å². The summed E-state index contributed by atoms with van der Waals surface area (Å²) in [5, 5.41) is 13.2. The van der Waals surface area contributed by atoms with Crippen LogP contribution >= 0.6 is 0 Å². The maximum Gasteiger partial charge on any atom is 0.133 e. The standard InChI is InChI=1S/C19H19NO2/c21-18(19-10-5-11-22-19)14-20-13-15-6-4-9-17(12-15)16-7-2-1-3-8-16/h1-12,18,20-21H,13-14H2. The summed E-state index contributed by atoms with van der Waals surface area (Å²) in [5.74, 6) is 0.588. The van der Waals surface area contributed by atoms with Crippen molar-refractivity contribution in [1.29, 1.82) is 0 Å². The summed E-state index contributed by atoms with van der Waals surface area (Å²) in [6.45, 7) is 1.17. The van der Waals surface area contributed by atoms with Crippen LogP contribution in [0.3, 0.4) is 0 Å². The van der Waals surface area contributed by atoms with Crippen molar-refractivity contribution in [3.8, 4) is 11.1 Å². The van der Waals surface area contributed by atoms with Gasteiger partial charge in [-0.25, -0.2) is 0 Å². The average Bonchev–Trinajstić information content (AvgIpc) is 3.10. The molecule has 3 aromatic rings. The lowest BCUT2D eigenvalue weighted by Crippen LogP contribution is -2.20. The number of hydrogen-bond acceptors (Lipinski definition) is 3. The van der Waals surface area contributed by atoms with Crippen molar-refractivity contribution in [3.05, 3.63) is 84.3 Å². The topological polar surface area (TPSA) is 45.4 Å². The van der Waals surface area contributed by atoms with Gasteiger partial charge < -0.3 is 14.8 Å². The van der Waals surface area contributed by atoms with E-state index in [1.807, 2.05) is 18.2 Å². The molecule has 3 heteroatoms. The van der Waals surface area contributed by atoms with Gasteiger partial charge in [0.2, 0.25) is 0 Å². The minimum Gasteiger partial charge on any atom is -0.467 e. The molecule has 2 aromatic carbocycles. The summed E-state index contributed by atoms with van der Waals surface area (Å²) in [7, 11) is 0. The van der Waals surface area contributed by atoms with Crippen molar-refractivity contribution < 1.29 is 9.52 Å². The number of nitrogens with one attached hydrogen (secondary N) is 1. The lowest BCUT2D eigenvalue weighted by molar-refractivity contribution is 0.147. The minimum absolute atomic E-state index is 0.461. The van der Waals surface area contributed by atoms with Gasteiger partial charge in [-0.05, 0) is 34.9 Å². The van der Waals surface area contributed by atoms with Gasteiger partial charge in [0.05, 0.1) is 6.26 Å². The summed E-state index contributed by atoms with van der Waals surface area (Å²) >= 11 is 0. The normalized spacial score (nSPS) is 12.2. The second kappa shape index (κ2) is 7.07. The zero-order valence-corrected chi connectivity index (χ0v) is 12.3. The van der Waals surface area contributed by atoms with Gasteiger partial charge in [0, 0.05) is 13.1 Å². The molecule has 0 aliphatic carbocycles. The second-order valence-electron chi connectivity index (χ2n) is 5.23. The van der Waals surface area contributed by atoms with Crippen LogP contribution in [0.4, 0.5) is 0 Å². The van der Waals surface area contributed by atoms with Gasteiger partial charge in [0.25, 0.3) is 0 Å². The number of aliphatic hydroxyl groups is 1. The first-order chi connectivity index (χ1) is 10.8. The molecule has 0 bridgehead atoms. The zero-order valence-electron chi connectivity index (χ0n) is 12.3. The van der Waals surface area contributed by atoms with Crippen molar-refractivity contribution in [1.82, 2.24) is 5.32 Å². The Morgan fingerprint density at radius 3 is 2.50 bits per heavy atom. The summed E-state index contributed by atoms with van der Waals surface area (Å²) < 4.78 is 5.18. The molecule has 3 nitrogen and oxygen atoms in total. The zero-order chi connectivity index (χ0) is 15.2. The predicted molar refractivity (Wildman–Crippen MR) is 87.3 cm³/mol. The van der Waals surface area contributed by atoms with E-state index in [2.05, 4.69) is 41.7 Å². The van der Waals surface area contributed by atoms with E-state index in [0.29, 0.717) is 18.8 Å². The molecule has 0 spiro atoms. The number of hydrogen-bond donors (Lipinski definition) is 2. The Labute approximate surface area is 130 Å². The van der Waals surface area contributed by atoms with Gasteiger partial charge in [-0.2, -0.15) is 0 Å². The molecule has 112 valence electrons. The van der Waals surface area contributed by atoms with Gasteiger partial charge in [0.1, 0.15) is 11.9 Å². The SMILES string of the molecule is OC(CNCc1cccc(-c2ccccc2)c1)c1ccco1. The Kier molecular flexibility index (Phi) is 4.68. The number of furan rings is 1. The molecule has 0 saturated carbocycles. The monoisotopic (exact) mass is 293 g/mol. The number of benzene rings is 2. The third-order valence-electron chi connectivity index (χ3n) is 3.57. The highest BCUT2D eigenvalue weighted by molar-refractivity contribution is 5.63. The van der Waals surface area contributed by atoms with Crippen LogP contribution in [-0.2, 0) is 6.54 Å². The third-order valence-corrected chi connectivity index (χ3v) is 3.57. The highest BCUT2D eigenvalue weighted by atomic mass is 16.4. The molecule has 1 unspecified atom stereocenters. The molecule has 2 N–H and O–H groups in total. The van der Waals surface area contributed by atoms with E-state index in [0.717, 1.165) is 0 Å². The molecule has 1 atom stereocenters. The highest BCUT2D eigenvalue weighted by Gasteiger charge is 2.09. The first-order valence-corrected chi connectivity index (χ1v) is 7.39. The molecule has 1 heterocycles.